The normalized spacial score (nSPS) is 12.1. The quantitative estimate of drug-likeness (QED) is 0.750. The molecule has 0 aliphatic rings. The van der Waals surface area contributed by atoms with Gasteiger partial charge in [0.15, 0.2) is 0 Å². The van der Waals surface area contributed by atoms with Gasteiger partial charge in [-0.3, -0.25) is 9.00 Å². The van der Waals surface area contributed by atoms with Gasteiger partial charge in [0.05, 0.1) is 10.6 Å². The van der Waals surface area contributed by atoms with Crippen LogP contribution in [0.1, 0.15) is 10.4 Å². The van der Waals surface area contributed by atoms with Crippen molar-refractivity contribution in [2.75, 3.05) is 4.72 Å². The molecule has 1 atom stereocenters. The minimum atomic E-state index is -2.44. The van der Waals surface area contributed by atoms with E-state index in [0.29, 0.717) is 0 Å². The Balaban J connectivity index is 3.06. The molecule has 7 heteroatoms. The van der Waals surface area contributed by atoms with Crippen LogP contribution in [0.2, 0.25) is 5.02 Å². The van der Waals surface area contributed by atoms with Crippen LogP contribution in [-0.2, 0) is 11.3 Å². The zero-order chi connectivity index (χ0) is 10.7. The van der Waals surface area contributed by atoms with Gasteiger partial charge in [-0.2, -0.15) is 0 Å². The SMILES string of the molecule is NC(=O)c1cc(NS(=O)[O-])ccc1Cl. The summed E-state index contributed by atoms with van der Waals surface area (Å²) >= 11 is 3.21. The lowest BCUT2D eigenvalue weighted by Crippen LogP contribution is -2.12. The molecule has 1 aromatic rings. The summed E-state index contributed by atoms with van der Waals surface area (Å²) in [6.45, 7) is 0. The molecule has 0 bridgehead atoms. The van der Waals surface area contributed by atoms with Gasteiger partial charge in [0.1, 0.15) is 0 Å². The van der Waals surface area contributed by atoms with E-state index in [1.54, 1.807) is 0 Å². The number of amides is 1. The van der Waals surface area contributed by atoms with Crippen LogP contribution in [-0.4, -0.2) is 14.7 Å². The highest BCUT2D eigenvalue weighted by molar-refractivity contribution is 7.80. The van der Waals surface area contributed by atoms with Crippen molar-refractivity contribution < 1.29 is 13.6 Å². The summed E-state index contributed by atoms with van der Waals surface area (Å²) in [7, 11) is 0. The molecule has 0 saturated heterocycles. The zero-order valence-electron chi connectivity index (χ0n) is 6.82. The first-order valence-corrected chi connectivity index (χ1v) is 4.91. The van der Waals surface area contributed by atoms with Crippen molar-refractivity contribution in [1.82, 2.24) is 0 Å². The maximum absolute atomic E-state index is 10.8. The molecule has 0 radical (unpaired) electrons. The average molecular weight is 234 g/mol. The van der Waals surface area contributed by atoms with E-state index < -0.39 is 17.2 Å². The first kappa shape index (κ1) is 11.0. The van der Waals surface area contributed by atoms with Crippen molar-refractivity contribution in [3.63, 3.8) is 0 Å². The van der Waals surface area contributed by atoms with Crippen molar-refractivity contribution in [2.45, 2.75) is 0 Å². The fourth-order valence-electron chi connectivity index (χ4n) is 0.874. The molecular weight excluding hydrogens is 228 g/mol. The Kier molecular flexibility index (Phi) is 3.45. The van der Waals surface area contributed by atoms with Crippen LogP contribution in [0.5, 0.6) is 0 Å². The Hall–Kier alpha value is -1.11. The molecular formula is C7H6ClN2O3S-. The molecule has 3 N–H and O–H groups in total. The summed E-state index contributed by atoms with van der Waals surface area (Å²) < 4.78 is 22.6. The highest BCUT2D eigenvalue weighted by atomic mass is 35.5. The molecule has 0 aliphatic carbocycles. The van der Waals surface area contributed by atoms with Gasteiger partial charge in [-0.15, -0.1) is 0 Å². The fraction of sp³-hybridized carbons (Fsp3) is 0. The number of hydrogen-bond acceptors (Lipinski definition) is 3. The molecule has 76 valence electrons. The summed E-state index contributed by atoms with van der Waals surface area (Å²) in [6.07, 6.45) is 0. The number of nitrogens with two attached hydrogens (primary N) is 1. The third-order valence-corrected chi connectivity index (χ3v) is 2.16. The van der Waals surface area contributed by atoms with Gasteiger partial charge < -0.3 is 15.0 Å². The minimum Gasteiger partial charge on any atom is -0.755 e. The van der Waals surface area contributed by atoms with Gasteiger partial charge in [0.2, 0.25) is 5.91 Å². The van der Waals surface area contributed by atoms with Crippen LogP contribution in [0.3, 0.4) is 0 Å². The second-order valence-corrected chi connectivity index (χ2v) is 3.48. The smallest absolute Gasteiger partial charge is 0.250 e. The molecule has 1 rings (SSSR count). The molecule has 0 saturated carbocycles. The van der Waals surface area contributed by atoms with Crippen molar-refractivity contribution in [1.29, 1.82) is 0 Å². The lowest BCUT2D eigenvalue weighted by molar-refractivity contribution is 0.100. The van der Waals surface area contributed by atoms with Crippen LogP contribution >= 0.6 is 11.6 Å². The maximum Gasteiger partial charge on any atom is 0.250 e. The van der Waals surface area contributed by atoms with E-state index in [2.05, 4.69) is 4.72 Å². The van der Waals surface area contributed by atoms with E-state index in [1.165, 1.54) is 18.2 Å². The lowest BCUT2D eigenvalue weighted by atomic mass is 10.2. The monoisotopic (exact) mass is 233 g/mol. The number of hydrogen-bond donors (Lipinski definition) is 2. The summed E-state index contributed by atoms with van der Waals surface area (Å²) in [5.74, 6) is -0.713. The topological polar surface area (TPSA) is 95.2 Å². The standard InChI is InChI=1S/C7H7ClN2O3S/c8-6-2-1-4(10-14(12)13)3-5(6)7(9)11/h1-3,10H,(H2,9,11)(H,12,13)/p-1. The number of rotatable bonds is 3. The highest BCUT2D eigenvalue weighted by Gasteiger charge is 2.06. The molecule has 1 aromatic carbocycles. The van der Waals surface area contributed by atoms with Crippen molar-refractivity contribution in [3.8, 4) is 0 Å². The van der Waals surface area contributed by atoms with Gasteiger partial charge in [0.25, 0.3) is 0 Å². The molecule has 0 heterocycles. The van der Waals surface area contributed by atoms with E-state index in [-0.39, 0.29) is 16.3 Å². The number of carbonyl (C=O) groups is 1. The van der Waals surface area contributed by atoms with Gasteiger partial charge in [-0.1, -0.05) is 11.6 Å². The predicted octanol–water partition coefficient (Wildman–Crippen LogP) is 0.645. The highest BCUT2D eigenvalue weighted by Crippen LogP contribution is 2.20. The average Bonchev–Trinajstić information content (AvgIpc) is 2.07. The van der Waals surface area contributed by atoms with E-state index in [0.717, 1.165) is 0 Å². The Morgan fingerprint density at radius 3 is 2.71 bits per heavy atom. The Morgan fingerprint density at radius 1 is 1.57 bits per heavy atom. The molecule has 0 aromatic heterocycles. The van der Waals surface area contributed by atoms with Crippen molar-refractivity contribution in [2.24, 2.45) is 5.73 Å². The molecule has 1 amide bonds. The first-order chi connectivity index (χ1) is 6.50. The summed E-state index contributed by atoms with van der Waals surface area (Å²) in [4.78, 5) is 10.8. The third-order valence-electron chi connectivity index (χ3n) is 1.43. The number of anilines is 1. The number of halogens is 1. The van der Waals surface area contributed by atoms with E-state index in [1.807, 2.05) is 0 Å². The van der Waals surface area contributed by atoms with Gasteiger partial charge >= 0.3 is 0 Å². The second kappa shape index (κ2) is 4.41. The van der Waals surface area contributed by atoms with Crippen molar-refractivity contribution in [3.05, 3.63) is 28.8 Å². The second-order valence-electron chi connectivity index (χ2n) is 2.40. The summed E-state index contributed by atoms with van der Waals surface area (Å²) in [5, 5.41) is 0.180. The number of carbonyl (C=O) groups excluding carboxylic acids is 1. The van der Waals surface area contributed by atoms with Crippen LogP contribution < -0.4 is 10.5 Å². The molecule has 0 fully saturated rings. The van der Waals surface area contributed by atoms with Crippen LogP contribution in [0.4, 0.5) is 5.69 Å². The largest absolute Gasteiger partial charge is 0.755 e. The van der Waals surface area contributed by atoms with Gasteiger partial charge in [-0.25, -0.2) is 0 Å². The summed E-state index contributed by atoms with van der Waals surface area (Å²) in [5.41, 5.74) is 5.31. The van der Waals surface area contributed by atoms with E-state index in [4.69, 9.17) is 17.3 Å². The molecule has 1 unspecified atom stereocenters. The minimum absolute atomic E-state index is 0.0714. The predicted molar refractivity (Wildman–Crippen MR) is 52.5 cm³/mol. The molecule has 0 spiro atoms. The van der Waals surface area contributed by atoms with E-state index in [9.17, 15) is 13.6 Å². The molecule has 0 aliphatic heterocycles. The van der Waals surface area contributed by atoms with E-state index >= 15 is 0 Å². The summed E-state index contributed by atoms with van der Waals surface area (Å²) in [6, 6.07) is 4.07. The lowest BCUT2D eigenvalue weighted by Gasteiger charge is -2.09. The van der Waals surface area contributed by atoms with Gasteiger partial charge in [0, 0.05) is 17.0 Å². The zero-order valence-corrected chi connectivity index (χ0v) is 8.39. The van der Waals surface area contributed by atoms with Gasteiger partial charge in [-0.05, 0) is 18.2 Å². The Labute approximate surface area is 87.7 Å². The Bertz CT molecular complexity index is 397. The number of primary amides is 1. The Morgan fingerprint density at radius 2 is 2.21 bits per heavy atom. The maximum atomic E-state index is 10.8. The van der Waals surface area contributed by atoms with Crippen molar-refractivity contribution >= 4 is 34.5 Å². The fourth-order valence-corrected chi connectivity index (χ4v) is 1.40. The first-order valence-electron chi connectivity index (χ1n) is 3.46. The number of benzene rings is 1. The van der Waals surface area contributed by atoms with Crippen LogP contribution in [0.15, 0.2) is 18.2 Å². The van der Waals surface area contributed by atoms with Crippen LogP contribution in [0.25, 0.3) is 0 Å². The number of nitrogens with one attached hydrogen (secondary N) is 1. The third kappa shape index (κ3) is 2.69. The molecule has 14 heavy (non-hydrogen) atoms. The molecule has 5 nitrogen and oxygen atoms in total. The van der Waals surface area contributed by atoms with Crippen LogP contribution in [0, 0.1) is 0 Å².